The molecule has 5 heteroatoms. The van der Waals surface area contributed by atoms with Gasteiger partial charge in [-0.3, -0.25) is 0 Å². The highest BCUT2D eigenvalue weighted by molar-refractivity contribution is 6.01. The maximum absolute atomic E-state index is 10.4. The van der Waals surface area contributed by atoms with Crippen LogP contribution in [0.4, 0.5) is 4.79 Å². The number of primary amides is 1. The molecule has 0 aliphatic rings. The molecular formula is C9H11N3O2. The van der Waals surface area contributed by atoms with E-state index in [1.807, 2.05) is 0 Å². The SMILES string of the molecule is C/C(=N/NC(N)=O)c1ccccc1O. The van der Waals surface area contributed by atoms with Crippen molar-refractivity contribution in [3.63, 3.8) is 0 Å². The van der Waals surface area contributed by atoms with Crippen molar-refractivity contribution in [3.05, 3.63) is 29.8 Å². The number of hydrogen-bond acceptors (Lipinski definition) is 3. The van der Waals surface area contributed by atoms with Gasteiger partial charge in [0.05, 0.1) is 5.71 Å². The van der Waals surface area contributed by atoms with Crippen LogP contribution in [-0.2, 0) is 0 Å². The van der Waals surface area contributed by atoms with Gasteiger partial charge in [0.1, 0.15) is 5.75 Å². The average Bonchev–Trinajstić information content (AvgIpc) is 2.15. The smallest absolute Gasteiger partial charge is 0.332 e. The van der Waals surface area contributed by atoms with E-state index in [0.29, 0.717) is 11.3 Å². The summed E-state index contributed by atoms with van der Waals surface area (Å²) < 4.78 is 0. The number of phenolic OH excluding ortho intramolecular Hbond substituents is 1. The van der Waals surface area contributed by atoms with Crippen LogP contribution in [-0.4, -0.2) is 16.8 Å². The Morgan fingerprint density at radius 1 is 1.50 bits per heavy atom. The topological polar surface area (TPSA) is 87.7 Å². The summed E-state index contributed by atoms with van der Waals surface area (Å²) in [5, 5.41) is 13.1. The summed E-state index contributed by atoms with van der Waals surface area (Å²) >= 11 is 0. The number of hydrazone groups is 1. The molecule has 0 spiro atoms. The third kappa shape index (κ3) is 2.48. The van der Waals surface area contributed by atoms with Gasteiger partial charge in [-0.15, -0.1) is 0 Å². The summed E-state index contributed by atoms with van der Waals surface area (Å²) in [6.07, 6.45) is 0. The van der Waals surface area contributed by atoms with Crippen molar-refractivity contribution in [2.75, 3.05) is 0 Å². The molecule has 74 valence electrons. The molecular weight excluding hydrogens is 182 g/mol. The Labute approximate surface area is 81.2 Å². The Kier molecular flexibility index (Phi) is 3.06. The Morgan fingerprint density at radius 2 is 2.14 bits per heavy atom. The van der Waals surface area contributed by atoms with Gasteiger partial charge in [-0.2, -0.15) is 5.10 Å². The third-order valence-corrected chi connectivity index (χ3v) is 1.63. The zero-order valence-electron chi connectivity index (χ0n) is 7.69. The van der Waals surface area contributed by atoms with Crippen LogP contribution in [0.25, 0.3) is 0 Å². The highest BCUT2D eigenvalue weighted by Gasteiger charge is 2.02. The second-order valence-corrected chi connectivity index (χ2v) is 2.69. The molecule has 2 amide bonds. The summed E-state index contributed by atoms with van der Waals surface area (Å²) in [7, 11) is 0. The Balaban J connectivity index is 2.89. The highest BCUT2D eigenvalue weighted by atomic mass is 16.3. The van der Waals surface area contributed by atoms with Crippen LogP contribution < -0.4 is 11.2 Å². The molecule has 0 radical (unpaired) electrons. The summed E-state index contributed by atoms with van der Waals surface area (Å²) in [6.45, 7) is 1.66. The minimum Gasteiger partial charge on any atom is -0.507 e. The van der Waals surface area contributed by atoms with E-state index in [2.05, 4.69) is 10.5 Å². The van der Waals surface area contributed by atoms with E-state index in [1.54, 1.807) is 31.2 Å². The number of aromatic hydroxyl groups is 1. The van der Waals surface area contributed by atoms with Gasteiger partial charge >= 0.3 is 6.03 Å². The van der Waals surface area contributed by atoms with Crippen molar-refractivity contribution in [1.82, 2.24) is 5.43 Å². The molecule has 1 aromatic rings. The van der Waals surface area contributed by atoms with Crippen LogP contribution in [0, 0.1) is 0 Å². The fourth-order valence-corrected chi connectivity index (χ4v) is 0.979. The number of nitrogens with one attached hydrogen (secondary N) is 1. The van der Waals surface area contributed by atoms with Crippen molar-refractivity contribution < 1.29 is 9.90 Å². The Morgan fingerprint density at radius 3 is 2.71 bits per heavy atom. The van der Waals surface area contributed by atoms with Crippen molar-refractivity contribution in [3.8, 4) is 5.75 Å². The summed E-state index contributed by atoms with van der Waals surface area (Å²) in [5.41, 5.74) is 7.97. The molecule has 14 heavy (non-hydrogen) atoms. The van der Waals surface area contributed by atoms with Crippen LogP contribution in [0.3, 0.4) is 0 Å². The van der Waals surface area contributed by atoms with E-state index >= 15 is 0 Å². The first-order valence-electron chi connectivity index (χ1n) is 3.99. The van der Waals surface area contributed by atoms with Gasteiger partial charge < -0.3 is 10.8 Å². The summed E-state index contributed by atoms with van der Waals surface area (Å²) in [4.78, 5) is 10.4. The third-order valence-electron chi connectivity index (χ3n) is 1.63. The van der Waals surface area contributed by atoms with Crippen LogP contribution >= 0.6 is 0 Å². The first-order chi connectivity index (χ1) is 6.61. The molecule has 4 N–H and O–H groups in total. The lowest BCUT2D eigenvalue weighted by molar-refractivity contribution is 0.249. The number of amides is 2. The average molecular weight is 193 g/mol. The zero-order valence-corrected chi connectivity index (χ0v) is 7.69. The number of rotatable bonds is 2. The number of hydrogen-bond donors (Lipinski definition) is 3. The van der Waals surface area contributed by atoms with Crippen molar-refractivity contribution >= 4 is 11.7 Å². The van der Waals surface area contributed by atoms with Gasteiger partial charge in [-0.25, -0.2) is 10.2 Å². The molecule has 0 aromatic heterocycles. The van der Waals surface area contributed by atoms with E-state index in [-0.39, 0.29) is 5.75 Å². The highest BCUT2D eigenvalue weighted by Crippen LogP contribution is 2.15. The molecule has 0 saturated carbocycles. The molecule has 0 atom stereocenters. The molecule has 1 aromatic carbocycles. The number of benzene rings is 1. The normalized spacial score (nSPS) is 11.1. The standard InChI is InChI=1S/C9H11N3O2/c1-6(11-12-9(10)14)7-4-2-3-5-8(7)13/h2-5,13H,1H3,(H3,10,12,14)/b11-6-. The van der Waals surface area contributed by atoms with Crippen LogP contribution in [0.1, 0.15) is 12.5 Å². The molecule has 0 unspecified atom stereocenters. The van der Waals surface area contributed by atoms with E-state index in [0.717, 1.165) is 0 Å². The number of carbonyl (C=O) groups excluding carboxylic acids is 1. The number of nitrogens with two attached hydrogens (primary N) is 1. The lowest BCUT2D eigenvalue weighted by Crippen LogP contribution is -2.25. The zero-order chi connectivity index (χ0) is 10.6. The number of phenols is 1. The lowest BCUT2D eigenvalue weighted by atomic mass is 10.1. The van der Waals surface area contributed by atoms with Gasteiger partial charge in [-0.1, -0.05) is 12.1 Å². The summed E-state index contributed by atoms with van der Waals surface area (Å²) in [5.74, 6) is 0.111. The van der Waals surface area contributed by atoms with Crippen molar-refractivity contribution in [1.29, 1.82) is 0 Å². The van der Waals surface area contributed by atoms with E-state index in [9.17, 15) is 9.90 Å². The largest absolute Gasteiger partial charge is 0.507 e. The predicted molar refractivity (Wildman–Crippen MR) is 53.0 cm³/mol. The predicted octanol–water partition coefficient (Wildman–Crippen LogP) is 0.784. The monoisotopic (exact) mass is 193 g/mol. The molecule has 5 nitrogen and oxygen atoms in total. The minimum absolute atomic E-state index is 0.111. The fraction of sp³-hybridized carbons (Fsp3) is 0.111. The first-order valence-corrected chi connectivity index (χ1v) is 3.99. The summed E-state index contributed by atoms with van der Waals surface area (Å²) in [6, 6.07) is 5.96. The molecule has 1 rings (SSSR count). The van der Waals surface area contributed by atoms with E-state index < -0.39 is 6.03 Å². The van der Waals surface area contributed by atoms with E-state index in [1.165, 1.54) is 0 Å². The maximum Gasteiger partial charge on any atom is 0.332 e. The molecule has 0 saturated heterocycles. The number of nitrogens with zero attached hydrogens (tertiary/aromatic N) is 1. The molecule has 0 fully saturated rings. The van der Waals surface area contributed by atoms with Crippen molar-refractivity contribution in [2.24, 2.45) is 10.8 Å². The van der Waals surface area contributed by atoms with Gasteiger partial charge in [0.2, 0.25) is 0 Å². The second-order valence-electron chi connectivity index (χ2n) is 2.69. The van der Waals surface area contributed by atoms with Gasteiger partial charge in [0, 0.05) is 5.56 Å². The van der Waals surface area contributed by atoms with E-state index in [4.69, 9.17) is 5.73 Å². The first kappa shape index (κ1) is 10.0. The number of para-hydroxylation sites is 1. The fourth-order valence-electron chi connectivity index (χ4n) is 0.979. The lowest BCUT2D eigenvalue weighted by Gasteiger charge is -2.02. The Hall–Kier alpha value is -2.04. The van der Waals surface area contributed by atoms with Crippen molar-refractivity contribution in [2.45, 2.75) is 6.92 Å². The maximum atomic E-state index is 10.4. The van der Waals surface area contributed by atoms with Gasteiger partial charge in [0.25, 0.3) is 0 Å². The van der Waals surface area contributed by atoms with Crippen LogP contribution in [0.5, 0.6) is 5.75 Å². The quantitative estimate of drug-likeness (QED) is 0.478. The van der Waals surface area contributed by atoms with Crippen LogP contribution in [0.2, 0.25) is 0 Å². The number of carbonyl (C=O) groups is 1. The minimum atomic E-state index is -0.736. The Bertz CT molecular complexity index is 374. The molecule has 0 aliphatic carbocycles. The molecule has 0 bridgehead atoms. The molecule has 0 heterocycles. The van der Waals surface area contributed by atoms with Gasteiger partial charge in [0.15, 0.2) is 0 Å². The van der Waals surface area contributed by atoms with Crippen LogP contribution in [0.15, 0.2) is 29.4 Å². The molecule has 0 aliphatic heterocycles. The number of urea groups is 1. The second kappa shape index (κ2) is 4.27. The van der Waals surface area contributed by atoms with Gasteiger partial charge in [-0.05, 0) is 19.1 Å².